The van der Waals surface area contributed by atoms with Crippen LogP contribution in [0.25, 0.3) is 0 Å². The molecule has 1 N–H and O–H groups in total. The van der Waals surface area contributed by atoms with E-state index in [2.05, 4.69) is 27.3 Å². The minimum absolute atomic E-state index is 0.121. The monoisotopic (exact) mass is 443 g/mol. The first-order valence-electron chi connectivity index (χ1n) is 10.7. The number of aromatic nitrogens is 2. The molecule has 0 bridgehead atoms. The Morgan fingerprint density at radius 1 is 1.13 bits per heavy atom. The molecule has 4 rings (SSSR count). The molecule has 1 fully saturated rings. The summed E-state index contributed by atoms with van der Waals surface area (Å²) in [7, 11) is 3.71. The Morgan fingerprint density at radius 3 is 2.55 bits per heavy atom. The molecule has 2 heterocycles. The number of methoxy groups -OCH3 is 1. The van der Waals surface area contributed by atoms with Crippen LogP contribution in [-0.4, -0.2) is 66.6 Å². The third kappa shape index (κ3) is 5.04. The highest BCUT2D eigenvalue weighted by Crippen LogP contribution is 2.29. The van der Waals surface area contributed by atoms with E-state index in [1.807, 2.05) is 4.68 Å². The third-order valence-corrected chi connectivity index (χ3v) is 6.82. The molecule has 0 saturated carbocycles. The average Bonchev–Trinajstić information content (AvgIpc) is 2.79. The number of nitrogens with zero attached hydrogens (tertiary/aromatic N) is 4. The predicted octanol–water partition coefficient (Wildman–Crippen LogP) is 1.74. The second-order valence-corrected chi connectivity index (χ2v) is 8.93. The first-order valence-corrected chi connectivity index (χ1v) is 11.7. The second-order valence-electron chi connectivity index (χ2n) is 7.97. The fraction of sp³-hybridized carbons (Fsp3) is 0.500. The molecule has 1 aromatic carbocycles. The van der Waals surface area contributed by atoms with Crippen molar-refractivity contribution in [1.29, 1.82) is 0 Å². The van der Waals surface area contributed by atoms with Crippen molar-refractivity contribution in [3.8, 4) is 5.75 Å². The van der Waals surface area contributed by atoms with Gasteiger partial charge in [-0.15, -0.1) is 0 Å². The number of ether oxygens (including phenoxy) is 1. The first kappa shape index (κ1) is 21.7. The Kier molecular flexibility index (Phi) is 6.82. The number of carbonyl (C=O) groups is 1. The summed E-state index contributed by atoms with van der Waals surface area (Å²) in [5.41, 5.74) is 2.69. The first-order chi connectivity index (χ1) is 15.0. The van der Waals surface area contributed by atoms with Crippen LogP contribution in [0.1, 0.15) is 24.1 Å². The predicted molar refractivity (Wildman–Crippen MR) is 123 cm³/mol. The van der Waals surface area contributed by atoms with Crippen molar-refractivity contribution in [3.63, 3.8) is 0 Å². The Bertz CT molecular complexity index is 984. The van der Waals surface area contributed by atoms with Gasteiger partial charge in [-0.3, -0.25) is 4.79 Å². The number of hydrogen-bond donors (Lipinski definition) is 1. The van der Waals surface area contributed by atoms with Crippen LogP contribution in [0, 0.1) is 0 Å². The third-order valence-electron chi connectivity index (χ3n) is 5.81. The highest BCUT2D eigenvalue weighted by atomic mass is 32.2. The molecule has 2 aliphatic rings. The Labute approximate surface area is 186 Å². The lowest BCUT2D eigenvalue weighted by Gasteiger charge is -2.37. The van der Waals surface area contributed by atoms with Crippen molar-refractivity contribution in [2.45, 2.75) is 30.7 Å². The number of thioether (sulfide) groups is 1. The summed E-state index contributed by atoms with van der Waals surface area (Å²) in [4.78, 5) is 32.1. The largest absolute Gasteiger partial charge is 0.497 e. The molecule has 1 saturated heterocycles. The van der Waals surface area contributed by atoms with E-state index in [-0.39, 0.29) is 17.3 Å². The number of anilines is 1. The van der Waals surface area contributed by atoms with E-state index in [1.54, 1.807) is 31.4 Å². The highest BCUT2D eigenvalue weighted by Gasteiger charge is 2.25. The Morgan fingerprint density at radius 2 is 1.84 bits per heavy atom. The van der Waals surface area contributed by atoms with Gasteiger partial charge in [-0.05, 0) is 57.0 Å². The van der Waals surface area contributed by atoms with Crippen LogP contribution in [-0.2, 0) is 17.6 Å². The molecule has 8 nitrogen and oxygen atoms in total. The number of fused-ring (bicyclic) bond motifs is 1. The second kappa shape index (κ2) is 9.74. The van der Waals surface area contributed by atoms with Gasteiger partial charge in [-0.1, -0.05) is 11.8 Å². The van der Waals surface area contributed by atoms with Gasteiger partial charge in [0.1, 0.15) is 10.8 Å². The summed E-state index contributed by atoms with van der Waals surface area (Å²) >= 11 is 1.35. The number of hydrogen-bond acceptors (Lipinski definition) is 7. The van der Waals surface area contributed by atoms with Crippen LogP contribution in [0.4, 0.5) is 5.69 Å². The maximum absolute atomic E-state index is 13.0. The topological polar surface area (TPSA) is 79.7 Å². The van der Waals surface area contributed by atoms with E-state index >= 15 is 0 Å². The van der Waals surface area contributed by atoms with Gasteiger partial charge in [0.15, 0.2) is 0 Å². The lowest BCUT2D eigenvalue weighted by Crippen LogP contribution is -2.54. The molecule has 1 aromatic heterocycles. The maximum Gasteiger partial charge on any atom is 0.367 e. The van der Waals surface area contributed by atoms with Crippen molar-refractivity contribution in [3.05, 3.63) is 46.0 Å². The molecule has 31 heavy (non-hydrogen) atoms. The number of rotatable bonds is 6. The van der Waals surface area contributed by atoms with Crippen molar-refractivity contribution >= 4 is 23.4 Å². The van der Waals surface area contributed by atoms with Gasteiger partial charge >= 0.3 is 5.69 Å². The fourth-order valence-corrected chi connectivity index (χ4v) is 4.96. The summed E-state index contributed by atoms with van der Waals surface area (Å²) in [6.45, 7) is 3.51. The summed E-state index contributed by atoms with van der Waals surface area (Å²) < 4.78 is 6.95. The molecule has 0 atom stereocenters. The number of amides is 1. The van der Waals surface area contributed by atoms with Crippen LogP contribution < -0.4 is 20.8 Å². The summed E-state index contributed by atoms with van der Waals surface area (Å²) in [5.74, 6) is 0.831. The number of nitrogens with one attached hydrogen (secondary N) is 1. The van der Waals surface area contributed by atoms with Crippen molar-refractivity contribution < 1.29 is 9.53 Å². The van der Waals surface area contributed by atoms with E-state index < -0.39 is 0 Å². The van der Waals surface area contributed by atoms with E-state index in [0.29, 0.717) is 10.7 Å². The lowest BCUT2D eigenvalue weighted by atomic mass is 9.97. The molecule has 2 aromatic rings. The number of piperazine rings is 1. The SMILES string of the molecule is COc1ccc(NC(=O)CSc2nc(=O)n(N3CCN(C)CC3)c3c2CCCC3)cc1. The van der Waals surface area contributed by atoms with Gasteiger partial charge in [0, 0.05) is 37.4 Å². The molecule has 1 amide bonds. The minimum atomic E-state index is -0.233. The average molecular weight is 444 g/mol. The zero-order chi connectivity index (χ0) is 21.8. The molecule has 9 heteroatoms. The zero-order valence-corrected chi connectivity index (χ0v) is 18.9. The smallest absolute Gasteiger partial charge is 0.367 e. The minimum Gasteiger partial charge on any atom is -0.497 e. The van der Waals surface area contributed by atoms with Crippen LogP contribution in [0.3, 0.4) is 0 Å². The number of carbonyl (C=O) groups excluding carboxylic acids is 1. The number of likely N-dealkylation sites (N-methyl/N-ethyl adjacent to an activating group) is 1. The van der Waals surface area contributed by atoms with Gasteiger partial charge in [0.2, 0.25) is 5.91 Å². The van der Waals surface area contributed by atoms with Crippen LogP contribution in [0.15, 0.2) is 34.1 Å². The lowest BCUT2D eigenvalue weighted by molar-refractivity contribution is -0.113. The van der Waals surface area contributed by atoms with Crippen molar-refractivity contribution in [1.82, 2.24) is 14.6 Å². The van der Waals surface area contributed by atoms with E-state index in [1.165, 1.54) is 11.8 Å². The quantitative estimate of drug-likeness (QED) is 0.538. The zero-order valence-electron chi connectivity index (χ0n) is 18.1. The van der Waals surface area contributed by atoms with Gasteiger partial charge in [-0.2, -0.15) is 4.98 Å². The molecular weight excluding hydrogens is 414 g/mol. The van der Waals surface area contributed by atoms with Crippen LogP contribution in [0.2, 0.25) is 0 Å². The standard InChI is InChI=1S/C22H29N5O3S/c1-25-11-13-26(14-12-25)27-19-6-4-3-5-18(19)21(24-22(27)29)31-15-20(28)23-16-7-9-17(30-2)10-8-16/h7-10H,3-6,11-15H2,1-2H3,(H,23,28). The Balaban J connectivity index is 1.48. The summed E-state index contributed by atoms with van der Waals surface area (Å²) in [6, 6.07) is 7.22. The van der Waals surface area contributed by atoms with E-state index in [9.17, 15) is 9.59 Å². The molecule has 0 unspecified atom stereocenters. The van der Waals surface area contributed by atoms with E-state index in [4.69, 9.17) is 4.74 Å². The van der Waals surface area contributed by atoms with Gasteiger partial charge < -0.3 is 20.0 Å². The molecular formula is C22H29N5O3S. The summed E-state index contributed by atoms with van der Waals surface area (Å²) in [6.07, 6.45) is 3.94. The Hall–Kier alpha value is -2.52. The van der Waals surface area contributed by atoms with E-state index in [0.717, 1.165) is 68.9 Å². The van der Waals surface area contributed by atoms with Crippen LogP contribution in [0.5, 0.6) is 5.75 Å². The number of benzene rings is 1. The van der Waals surface area contributed by atoms with Gasteiger partial charge in [0.25, 0.3) is 0 Å². The molecule has 0 spiro atoms. The van der Waals surface area contributed by atoms with Gasteiger partial charge in [0.05, 0.1) is 18.6 Å². The van der Waals surface area contributed by atoms with Gasteiger partial charge in [-0.25, -0.2) is 9.47 Å². The fourth-order valence-electron chi connectivity index (χ4n) is 4.08. The molecule has 1 aliphatic heterocycles. The molecule has 1 aliphatic carbocycles. The van der Waals surface area contributed by atoms with Crippen LogP contribution >= 0.6 is 11.8 Å². The van der Waals surface area contributed by atoms with Crippen molar-refractivity contribution in [2.24, 2.45) is 0 Å². The summed E-state index contributed by atoms with van der Waals surface area (Å²) in [5, 5.41) is 5.72. The van der Waals surface area contributed by atoms with Crippen molar-refractivity contribution in [2.75, 3.05) is 56.4 Å². The normalized spacial score (nSPS) is 16.6. The maximum atomic E-state index is 13.0. The molecule has 166 valence electrons. The molecule has 0 radical (unpaired) electrons. The highest BCUT2D eigenvalue weighted by molar-refractivity contribution is 8.00.